The molecule has 1 fully saturated rings. The van der Waals surface area contributed by atoms with Gasteiger partial charge in [-0.25, -0.2) is 0 Å². The Hall–Kier alpha value is -2.47. The summed E-state index contributed by atoms with van der Waals surface area (Å²) < 4.78 is 0. The maximum Gasteiger partial charge on any atom is 0.305 e. The Labute approximate surface area is 146 Å². The van der Waals surface area contributed by atoms with E-state index in [2.05, 4.69) is 0 Å². The van der Waals surface area contributed by atoms with E-state index in [1.54, 1.807) is 11.0 Å². The van der Waals surface area contributed by atoms with E-state index < -0.39 is 18.5 Å². The first-order valence-corrected chi connectivity index (χ1v) is 8.31. The first-order valence-electron chi connectivity index (χ1n) is 8.31. The number of allylic oxidation sites excluding steroid dienone is 1. The third-order valence-electron chi connectivity index (χ3n) is 4.28. The van der Waals surface area contributed by atoms with E-state index in [0.29, 0.717) is 13.0 Å². The summed E-state index contributed by atoms with van der Waals surface area (Å²) >= 11 is 0. The zero-order chi connectivity index (χ0) is 18.4. The zero-order valence-electron chi connectivity index (χ0n) is 14.2. The molecule has 1 amide bonds. The molecule has 0 saturated carbocycles. The van der Waals surface area contributed by atoms with Crippen LogP contribution in [-0.4, -0.2) is 44.9 Å². The molecule has 25 heavy (non-hydrogen) atoms. The zero-order valence-corrected chi connectivity index (χ0v) is 14.2. The second-order valence-corrected chi connectivity index (χ2v) is 6.46. The second kappa shape index (κ2) is 8.58. The van der Waals surface area contributed by atoms with Crippen LogP contribution in [0.15, 0.2) is 42.5 Å². The average Bonchev–Trinajstić information content (AvgIpc) is 2.79. The fourth-order valence-electron chi connectivity index (χ4n) is 3.03. The highest BCUT2D eigenvalue weighted by atomic mass is 16.4. The van der Waals surface area contributed by atoms with E-state index in [9.17, 15) is 19.5 Å². The lowest BCUT2D eigenvalue weighted by Crippen LogP contribution is -2.33. The SMILES string of the molecule is C[C@@H]1CC(=O)N(Cc2ccccc2)[C@H]1C=CC(=O)C[C@@H](O)CC(=O)O. The van der Waals surface area contributed by atoms with Crippen LogP contribution in [0.1, 0.15) is 31.7 Å². The van der Waals surface area contributed by atoms with Gasteiger partial charge in [0.1, 0.15) is 0 Å². The van der Waals surface area contributed by atoms with Crippen molar-refractivity contribution in [3.05, 3.63) is 48.0 Å². The van der Waals surface area contributed by atoms with Crippen LogP contribution in [0.25, 0.3) is 0 Å². The van der Waals surface area contributed by atoms with E-state index in [-0.39, 0.29) is 30.1 Å². The number of rotatable bonds is 8. The normalized spacial score (nSPS) is 21.7. The molecule has 6 nitrogen and oxygen atoms in total. The topological polar surface area (TPSA) is 94.9 Å². The van der Waals surface area contributed by atoms with Crippen molar-refractivity contribution in [2.24, 2.45) is 5.92 Å². The largest absolute Gasteiger partial charge is 0.481 e. The summed E-state index contributed by atoms with van der Waals surface area (Å²) in [6.45, 7) is 2.44. The van der Waals surface area contributed by atoms with Crippen LogP contribution < -0.4 is 0 Å². The van der Waals surface area contributed by atoms with Gasteiger partial charge in [-0.15, -0.1) is 0 Å². The number of carbonyl (C=O) groups is 3. The highest BCUT2D eigenvalue weighted by Crippen LogP contribution is 2.28. The fraction of sp³-hybridized carbons (Fsp3) is 0.421. The van der Waals surface area contributed by atoms with Crippen molar-refractivity contribution >= 4 is 17.7 Å². The Balaban J connectivity index is 2.00. The molecule has 2 rings (SSSR count). The monoisotopic (exact) mass is 345 g/mol. The number of carboxylic acids is 1. The van der Waals surface area contributed by atoms with Gasteiger partial charge in [-0.05, 0) is 17.6 Å². The van der Waals surface area contributed by atoms with Crippen molar-refractivity contribution < 1.29 is 24.6 Å². The Bertz CT molecular complexity index is 655. The van der Waals surface area contributed by atoms with Gasteiger partial charge in [0.05, 0.1) is 18.6 Å². The molecule has 6 heteroatoms. The summed E-state index contributed by atoms with van der Waals surface area (Å²) in [6.07, 6.45) is 1.57. The molecule has 134 valence electrons. The molecule has 0 radical (unpaired) electrons. The third-order valence-corrected chi connectivity index (χ3v) is 4.28. The van der Waals surface area contributed by atoms with Crippen molar-refractivity contribution in [1.29, 1.82) is 0 Å². The Kier molecular flexibility index (Phi) is 6.47. The number of likely N-dealkylation sites (tertiary alicyclic amines) is 1. The molecule has 3 atom stereocenters. The predicted octanol–water partition coefficient (Wildman–Crippen LogP) is 1.77. The molecule has 1 aliphatic rings. The summed E-state index contributed by atoms with van der Waals surface area (Å²) in [5, 5.41) is 18.1. The molecule has 1 saturated heterocycles. The van der Waals surface area contributed by atoms with Gasteiger partial charge in [-0.2, -0.15) is 0 Å². The molecule has 0 aliphatic carbocycles. The van der Waals surface area contributed by atoms with Gasteiger partial charge in [0.2, 0.25) is 5.91 Å². The van der Waals surface area contributed by atoms with E-state index >= 15 is 0 Å². The number of carbonyl (C=O) groups excluding carboxylic acids is 2. The molecule has 2 N–H and O–H groups in total. The minimum absolute atomic E-state index is 0.0457. The van der Waals surface area contributed by atoms with Gasteiger partial charge in [0.15, 0.2) is 5.78 Å². The van der Waals surface area contributed by atoms with Crippen LogP contribution in [0.3, 0.4) is 0 Å². The first kappa shape index (κ1) is 18.9. The molecule has 0 unspecified atom stereocenters. The molecule has 1 aromatic rings. The number of aliphatic carboxylic acids is 1. The van der Waals surface area contributed by atoms with E-state index in [0.717, 1.165) is 5.56 Å². The number of carboxylic acid groups (broad SMARTS) is 1. The maximum absolute atomic E-state index is 12.2. The third kappa shape index (κ3) is 5.53. The van der Waals surface area contributed by atoms with Gasteiger partial charge in [-0.1, -0.05) is 43.3 Å². The Morgan fingerprint density at radius 3 is 2.60 bits per heavy atom. The fourth-order valence-corrected chi connectivity index (χ4v) is 3.03. The summed E-state index contributed by atoms with van der Waals surface area (Å²) in [4.78, 5) is 36.4. The number of aliphatic hydroxyl groups excluding tert-OH is 1. The quantitative estimate of drug-likeness (QED) is 0.700. The summed E-state index contributed by atoms with van der Waals surface area (Å²) in [6, 6.07) is 9.45. The number of amides is 1. The van der Waals surface area contributed by atoms with Crippen LogP contribution >= 0.6 is 0 Å². The van der Waals surface area contributed by atoms with Crippen LogP contribution in [-0.2, 0) is 20.9 Å². The molecule has 0 spiro atoms. The summed E-state index contributed by atoms with van der Waals surface area (Å²) in [5.41, 5.74) is 1.02. The van der Waals surface area contributed by atoms with Crippen molar-refractivity contribution in [2.45, 2.75) is 44.9 Å². The van der Waals surface area contributed by atoms with Gasteiger partial charge in [0.25, 0.3) is 0 Å². The number of aliphatic hydroxyl groups is 1. The van der Waals surface area contributed by atoms with Crippen LogP contribution in [0, 0.1) is 5.92 Å². The second-order valence-electron chi connectivity index (χ2n) is 6.46. The van der Waals surface area contributed by atoms with Gasteiger partial charge in [0, 0.05) is 19.4 Å². The van der Waals surface area contributed by atoms with Crippen molar-refractivity contribution in [3.8, 4) is 0 Å². The average molecular weight is 345 g/mol. The molecule has 1 aromatic carbocycles. The van der Waals surface area contributed by atoms with Crippen molar-refractivity contribution in [3.63, 3.8) is 0 Å². The van der Waals surface area contributed by atoms with Crippen LogP contribution in [0.5, 0.6) is 0 Å². The lowest BCUT2D eigenvalue weighted by Gasteiger charge is -2.24. The van der Waals surface area contributed by atoms with Gasteiger partial charge >= 0.3 is 5.97 Å². The Morgan fingerprint density at radius 1 is 1.28 bits per heavy atom. The molecule has 0 aromatic heterocycles. The van der Waals surface area contributed by atoms with Crippen LogP contribution in [0.4, 0.5) is 0 Å². The highest BCUT2D eigenvalue weighted by Gasteiger charge is 2.35. The number of ketones is 1. The lowest BCUT2D eigenvalue weighted by atomic mass is 10.0. The number of benzene rings is 1. The minimum atomic E-state index is -1.20. The smallest absolute Gasteiger partial charge is 0.305 e. The standard InChI is InChI=1S/C19H23NO5/c1-13-9-18(23)20(12-14-5-3-2-4-6-14)17(13)8-7-15(21)10-16(22)11-19(24)25/h2-8,13,16-17,22H,9-12H2,1H3,(H,24,25)/t13-,16-,17+/m1/s1. The molecule has 1 heterocycles. The minimum Gasteiger partial charge on any atom is -0.481 e. The summed E-state index contributed by atoms with van der Waals surface area (Å²) in [7, 11) is 0. The van der Waals surface area contributed by atoms with Gasteiger partial charge in [-0.3, -0.25) is 14.4 Å². The van der Waals surface area contributed by atoms with E-state index in [4.69, 9.17) is 5.11 Å². The molecule has 0 bridgehead atoms. The maximum atomic E-state index is 12.2. The van der Waals surface area contributed by atoms with E-state index in [1.165, 1.54) is 6.08 Å². The van der Waals surface area contributed by atoms with E-state index in [1.807, 2.05) is 37.3 Å². The Morgan fingerprint density at radius 2 is 1.96 bits per heavy atom. The number of hydrogen-bond acceptors (Lipinski definition) is 4. The van der Waals surface area contributed by atoms with Crippen LogP contribution in [0.2, 0.25) is 0 Å². The molecular formula is C19H23NO5. The number of nitrogens with zero attached hydrogens (tertiary/aromatic N) is 1. The highest BCUT2D eigenvalue weighted by molar-refractivity contribution is 5.90. The molecule has 1 aliphatic heterocycles. The first-order chi connectivity index (χ1) is 11.9. The van der Waals surface area contributed by atoms with Crippen molar-refractivity contribution in [2.75, 3.05) is 0 Å². The predicted molar refractivity (Wildman–Crippen MR) is 91.6 cm³/mol. The van der Waals surface area contributed by atoms with Gasteiger partial charge < -0.3 is 15.1 Å². The molecular weight excluding hydrogens is 322 g/mol. The summed E-state index contributed by atoms with van der Waals surface area (Å²) in [5.74, 6) is -1.36. The lowest BCUT2D eigenvalue weighted by molar-refractivity contribution is -0.139. The number of hydrogen-bond donors (Lipinski definition) is 2. The van der Waals surface area contributed by atoms with Crippen molar-refractivity contribution in [1.82, 2.24) is 4.90 Å².